The van der Waals surface area contributed by atoms with E-state index in [1.807, 2.05) is 11.4 Å². The number of hydrogen-bond donors (Lipinski definition) is 2. The van der Waals surface area contributed by atoms with Gasteiger partial charge in [-0.1, -0.05) is 37.5 Å². The molecule has 1 aliphatic carbocycles. The van der Waals surface area contributed by atoms with Gasteiger partial charge in [0.15, 0.2) is 0 Å². The molecule has 1 saturated carbocycles. The van der Waals surface area contributed by atoms with Crippen molar-refractivity contribution in [2.45, 2.75) is 51.5 Å². The molecule has 0 atom stereocenters. The molecular formula is C17H23NO2S. The highest BCUT2D eigenvalue weighted by Gasteiger charge is 2.19. The maximum atomic E-state index is 12.2. The first-order valence-electron chi connectivity index (χ1n) is 7.75. The number of carbonyl (C=O) groups excluding carboxylic acids is 1. The number of hydrogen-bond acceptors (Lipinski definition) is 3. The Kier molecular flexibility index (Phi) is 6.78. The van der Waals surface area contributed by atoms with Gasteiger partial charge in [-0.2, -0.15) is 0 Å². The molecule has 0 unspecified atom stereocenters. The fraction of sp³-hybridized carbons (Fsp3) is 0.588. The van der Waals surface area contributed by atoms with Gasteiger partial charge < -0.3 is 10.4 Å². The number of aliphatic hydroxyl groups excluding tert-OH is 1. The number of rotatable bonds is 4. The van der Waals surface area contributed by atoms with Gasteiger partial charge in [-0.05, 0) is 24.3 Å². The van der Waals surface area contributed by atoms with Crippen LogP contribution in [0.4, 0.5) is 0 Å². The molecule has 3 nitrogen and oxygen atoms in total. The van der Waals surface area contributed by atoms with Crippen LogP contribution in [-0.2, 0) is 11.3 Å². The third-order valence-electron chi connectivity index (χ3n) is 3.85. The average Bonchev–Trinajstić information content (AvgIpc) is 2.76. The molecule has 1 fully saturated rings. The van der Waals surface area contributed by atoms with Crippen LogP contribution in [-0.4, -0.2) is 17.6 Å². The van der Waals surface area contributed by atoms with E-state index in [0.29, 0.717) is 13.0 Å². The van der Waals surface area contributed by atoms with E-state index in [2.05, 4.69) is 17.2 Å². The molecule has 4 heteroatoms. The molecule has 1 aromatic heterocycles. The van der Waals surface area contributed by atoms with E-state index in [-0.39, 0.29) is 18.4 Å². The summed E-state index contributed by atoms with van der Waals surface area (Å²) in [5.41, 5.74) is 0.967. The van der Waals surface area contributed by atoms with Gasteiger partial charge in [-0.3, -0.25) is 4.79 Å². The summed E-state index contributed by atoms with van der Waals surface area (Å²) in [6.07, 6.45) is 7.42. The number of amides is 1. The van der Waals surface area contributed by atoms with Gasteiger partial charge in [-0.15, -0.1) is 11.3 Å². The first-order chi connectivity index (χ1) is 10.3. The number of carbonyl (C=O) groups is 1. The quantitative estimate of drug-likeness (QED) is 0.663. The Hall–Kier alpha value is -1.31. The van der Waals surface area contributed by atoms with E-state index in [4.69, 9.17) is 5.11 Å². The lowest BCUT2D eigenvalue weighted by atomic mass is 9.99. The predicted molar refractivity (Wildman–Crippen MR) is 85.9 cm³/mol. The van der Waals surface area contributed by atoms with Gasteiger partial charge in [0.1, 0.15) is 0 Å². The molecule has 0 bridgehead atoms. The Balaban J connectivity index is 1.86. The van der Waals surface area contributed by atoms with Crippen molar-refractivity contribution < 1.29 is 9.90 Å². The van der Waals surface area contributed by atoms with Gasteiger partial charge in [0.05, 0.1) is 13.2 Å². The molecule has 0 spiro atoms. The van der Waals surface area contributed by atoms with Crippen molar-refractivity contribution in [2.24, 2.45) is 5.92 Å². The molecule has 114 valence electrons. The number of aliphatic hydroxyl groups is 1. The molecule has 21 heavy (non-hydrogen) atoms. The molecule has 0 radical (unpaired) electrons. The van der Waals surface area contributed by atoms with Crippen molar-refractivity contribution in [3.05, 3.63) is 21.9 Å². The predicted octanol–water partition coefficient (Wildman–Crippen LogP) is 3.07. The Morgan fingerprint density at radius 2 is 2.10 bits per heavy atom. The molecule has 0 saturated heterocycles. The van der Waals surface area contributed by atoms with E-state index in [0.717, 1.165) is 23.3 Å². The second kappa shape index (κ2) is 8.86. The second-order valence-corrected chi connectivity index (χ2v) is 6.44. The van der Waals surface area contributed by atoms with Crippen LogP contribution in [0.2, 0.25) is 0 Å². The van der Waals surface area contributed by atoms with Crippen LogP contribution in [0.1, 0.15) is 55.4 Å². The van der Waals surface area contributed by atoms with Gasteiger partial charge in [0.25, 0.3) is 0 Å². The third-order valence-corrected chi connectivity index (χ3v) is 4.78. The van der Waals surface area contributed by atoms with Crippen molar-refractivity contribution >= 4 is 17.2 Å². The zero-order valence-electron chi connectivity index (χ0n) is 12.4. The fourth-order valence-electron chi connectivity index (χ4n) is 2.66. The maximum Gasteiger partial charge on any atom is 0.223 e. The average molecular weight is 305 g/mol. The lowest BCUT2D eigenvalue weighted by molar-refractivity contribution is -0.125. The van der Waals surface area contributed by atoms with E-state index in [9.17, 15) is 4.79 Å². The molecule has 0 aromatic carbocycles. The molecule has 1 heterocycles. The summed E-state index contributed by atoms with van der Waals surface area (Å²) in [7, 11) is 0. The minimum absolute atomic E-state index is 0.0882. The second-order valence-electron chi connectivity index (χ2n) is 5.44. The highest BCUT2D eigenvalue weighted by molar-refractivity contribution is 7.10. The Bertz CT molecular complexity index is 504. The van der Waals surface area contributed by atoms with Crippen molar-refractivity contribution in [1.29, 1.82) is 0 Å². The molecule has 1 amide bonds. The van der Waals surface area contributed by atoms with Gasteiger partial charge in [0, 0.05) is 22.8 Å². The molecule has 1 aliphatic rings. The highest BCUT2D eigenvalue weighted by Crippen LogP contribution is 2.23. The Morgan fingerprint density at radius 3 is 2.81 bits per heavy atom. The molecule has 0 aliphatic heterocycles. The zero-order valence-corrected chi connectivity index (χ0v) is 13.2. The highest BCUT2D eigenvalue weighted by atomic mass is 32.1. The normalized spacial score (nSPS) is 15.9. The van der Waals surface area contributed by atoms with E-state index >= 15 is 0 Å². The van der Waals surface area contributed by atoms with Crippen LogP contribution in [0, 0.1) is 17.8 Å². The summed E-state index contributed by atoms with van der Waals surface area (Å²) < 4.78 is 0. The van der Waals surface area contributed by atoms with Gasteiger partial charge >= 0.3 is 0 Å². The SMILES string of the molecule is O=C(NCc1sccc1C#CCCO)C1CCCCCC1. The monoisotopic (exact) mass is 305 g/mol. The van der Waals surface area contributed by atoms with Crippen LogP contribution >= 0.6 is 11.3 Å². The van der Waals surface area contributed by atoms with Crippen LogP contribution in [0.25, 0.3) is 0 Å². The largest absolute Gasteiger partial charge is 0.395 e. The van der Waals surface area contributed by atoms with Gasteiger partial charge in [-0.25, -0.2) is 0 Å². The van der Waals surface area contributed by atoms with Crippen molar-refractivity contribution in [3.63, 3.8) is 0 Å². The Labute approximate surface area is 130 Å². The van der Waals surface area contributed by atoms with E-state index in [1.165, 1.54) is 25.7 Å². The maximum absolute atomic E-state index is 12.2. The van der Waals surface area contributed by atoms with Crippen molar-refractivity contribution in [2.75, 3.05) is 6.61 Å². The topological polar surface area (TPSA) is 49.3 Å². The molecule has 1 aromatic rings. The fourth-order valence-corrected chi connectivity index (χ4v) is 3.43. The first kappa shape index (κ1) is 16.1. The number of thiophene rings is 1. The summed E-state index contributed by atoms with van der Waals surface area (Å²) in [6, 6.07) is 1.97. The van der Waals surface area contributed by atoms with Crippen LogP contribution in [0.5, 0.6) is 0 Å². The van der Waals surface area contributed by atoms with Crippen molar-refractivity contribution in [3.8, 4) is 11.8 Å². The minimum Gasteiger partial charge on any atom is -0.395 e. The number of nitrogens with one attached hydrogen (secondary N) is 1. The summed E-state index contributed by atoms with van der Waals surface area (Å²) in [5.74, 6) is 6.37. The molecule has 2 N–H and O–H groups in total. The smallest absolute Gasteiger partial charge is 0.223 e. The first-order valence-corrected chi connectivity index (χ1v) is 8.63. The summed E-state index contributed by atoms with van der Waals surface area (Å²) in [6.45, 7) is 0.654. The van der Waals surface area contributed by atoms with Crippen LogP contribution < -0.4 is 5.32 Å². The minimum atomic E-state index is 0.0882. The van der Waals surface area contributed by atoms with Crippen molar-refractivity contribution in [1.82, 2.24) is 5.32 Å². The summed E-state index contributed by atoms with van der Waals surface area (Å²) in [5, 5.41) is 13.8. The zero-order chi connectivity index (χ0) is 14.9. The van der Waals surface area contributed by atoms with E-state index < -0.39 is 0 Å². The van der Waals surface area contributed by atoms with Gasteiger partial charge in [0.2, 0.25) is 5.91 Å². The van der Waals surface area contributed by atoms with E-state index in [1.54, 1.807) is 11.3 Å². The summed E-state index contributed by atoms with van der Waals surface area (Å²) >= 11 is 1.62. The van der Waals surface area contributed by atoms with Crippen LogP contribution in [0.3, 0.4) is 0 Å². The third kappa shape index (κ3) is 5.18. The lowest BCUT2D eigenvalue weighted by Gasteiger charge is -2.13. The van der Waals surface area contributed by atoms with Crippen LogP contribution in [0.15, 0.2) is 11.4 Å². The summed E-state index contributed by atoms with van der Waals surface area (Å²) in [4.78, 5) is 13.3. The lowest BCUT2D eigenvalue weighted by Crippen LogP contribution is -2.29. The Morgan fingerprint density at radius 1 is 1.33 bits per heavy atom. The molecular weight excluding hydrogens is 282 g/mol. The standard InChI is InChI=1S/C17H23NO2S/c19-11-6-5-7-14-10-12-21-16(14)13-18-17(20)15-8-3-1-2-4-9-15/h10,12,15,19H,1-4,6,8-9,11,13H2,(H,18,20). The molecule has 2 rings (SSSR count).